The van der Waals surface area contributed by atoms with Gasteiger partial charge in [-0.15, -0.1) is 0 Å². The Hall–Kier alpha value is -1.23. The van der Waals surface area contributed by atoms with E-state index in [0.717, 1.165) is 0 Å². The highest BCUT2D eigenvalue weighted by Gasteiger charge is 1.94. The van der Waals surface area contributed by atoms with E-state index >= 15 is 0 Å². The third-order valence-corrected chi connectivity index (χ3v) is 5.19. The molecule has 1 aliphatic heterocycles. The van der Waals surface area contributed by atoms with Gasteiger partial charge in [0, 0.05) is 16.0 Å². The number of allylic oxidation sites excluding steroid dienone is 2. The lowest BCUT2D eigenvalue weighted by Crippen LogP contribution is -1.88. The second-order valence-corrected chi connectivity index (χ2v) is 6.74. The van der Waals surface area contributed by atoms with Gasteiger partial charge in [0.15, 0.2) is 0 Å². The van der Waals surface area contributed by atoms with Gasteiger partial charge in [0.1, 0.15) is 0 Å². The number of benzene rings is 2. The summed E-state index contributed by atoms with van der Waals surface area (Å²) in [5, 5.41) is 1.99. The largest absolute Gasteiger partial charge is 0.333 e. The topological polar surface area (TPSA) is 12.0 Å². The van der Waals surface area contributed by atoms with Gasteiger partial charge < -0.3 is 4.72 Å². The van der Waals surface area contributed by atoms with Gasteiger partial charge in [-0.3, -0.25) is 0 Å². The summed E-state index contributed by atoms with van der Waals surface area (Å²) in [4.78, 5) is 2.59. The molecule has 1 N–H and O–H groups in total. The monoisotopic (exact) mass is 317 g/mol. The third kappa shape index (κ3) is 6.28. The van der Waals surface area contributed by atoms with E-state index in [0.29, 0.717) is 0 Å². The second kappa shape index (κ2) is 9.64. The highest BCUT2D eigenvalue weighted by molar-refractivity contribution is 8.76. The summed E-state index contributed by atoms with van der Waals surface area (Å²) in [5.41, 5.74) is 0. The fraction of sp³-hybridized carbons (Fsp3) is 0. The number of hydrogen-bond acceptors (Lipinski definition) is 4. The molecule has 2 aromatic carbocycles. The Kier molecular flexibility index (Phi) is 7.31. The predicted octanol–water partition coefficient (Wildman–Crippen LogP) is 5.75. The minimum absolute atomic E-state index is 1.29. The van der Waals surface area contributed by atoms with Crippen LogP contribution in [0.4, 0.5) is 0 Å². The van der Waals surface area contributed by atoms with E-state index < -0.39 is 0 Å². The van der Waals surface area contributed by atoms with E-state index in [1.807, 2.05) is 35.9 Å². The van der Waals surface area contributed by atoms with E-state index in [1.165, 1.54) is 9.79 Å². The molecule has 0 spiro atoms. The molecule has 1 heterocycles. The van der Waals surface area contributed by atoms with Crippen LogP contribution in [0.5, 0.6) is 0 Å². The third-order valence-electron chi connectivity index (χ3n) is 2.21. The number of hydrogen-bond donors (Lipinski definition) is 1. The van der Waals surface area contributed by atoms with Crippen molar-refractivity contribution in [2.24, 2.45) is 0 Å². The van der Waals surface area contributed by atoms with Crippen molar-refractivity contribution < 1.29 is 0 Å². The SMILES string of the molecule is C1=CNSC=C1.c1ccc(SSc2ccccc2)cc1. The van der Waals surface area contributed by atoms with Crippen molar-refractivity contribution in [1.82, 2.24) is 4.72 Å². The molecule has 2 aromatic rings. The van der Waals surface area contributed by atoms with Gasteiger partial charge in [-0.05, 0) is 47.7 Å². The zero-order valence-corrected chi connectivity index (χ0v) is 13.3. The van der Waals surface area contributed by atoms with Crippen molar-refractivity contribution in [2.75, 3.05) is 0 Å². The fourth-order valence-corrected chi connectivity index (χ4v) is 3.68. The van der Waals surface area contributed by atoms with E-state index in [1.54, 1.807) is 33.5 Å². The van der Waals surface area contributed by atoms with Gasteiger partial charge in [0.2, 0.25) is 0 Å². The molecule has 0 aromatic heterocycles. The van der Waals surface area contributed by atoms with E-state index in [9.17, 15) is 0 Å². The maximum Gasteiger partial charge on any atom is 0.0186 e. The van der Waals surface area contributed by atoms with Gasteiger partial charge in [0.25, 0.3) is 0 Å². The zero-order chi connectivity index (χ0) is 13.9. The van der Waals surface area contributed by atoms with Crippen molar-refractivity contribution in [1.29, 1.82) is 0 Å². The van der Waals surface area contributed by atoms with Gasteiger partial charge in [-0.1, -0.05) is 64.1 Å². The smallest absolute Gasteiger partial charge is 0.0186 e. The van der Waals surface area contributed by atoms with Crippen LogP contribution in [-0.4, -0.2) is 0 Å². The quantitative estimate of drug-likeness (QED) is 0.571. The molecule has 0 radical (unpaired) electrons. The highest BCUT2D eigenvalue weighted by Crippen LogP contribution is 2.36. The summed E-state index contributed by atoms with van der Waals surface area (Å²) in [6.45, 7) is 0. The molecule has 0 unspecified atom stereocenters. The Morgan fingerprint density at radius 2 is 1.25 bits per heavy atom. The highest BCUT2D eigenvalue weighted by atomic mass is 33.1. The Bertz CT molecular complexity index is 487. The van der Waals surface area contributed by atoms with Crippen molar-refractivity contribution >= 4 is 33.5 Å². The van der Waals surface area contributed by atoms with Crippen LogP contribution in [0.15, 0.2) is 94.2 Å². The standard InChI is InChI=1S/C12H10S2.C4H5NS/c1-3-7-11(8-4-1)13-14-12-9-5-2-6-10-12;1-2-4-6-5-3-1/h1-10H;1-5H. The van der Waals surface area contributed by atoms with Crippen molar-refractivity contribution in [3.63, 3.8) is 0 Å². The number of rotatable bonds is 3. The summed E-state index contributed by atoms with van der Waals surface area (Å²) >= 11 is 1.58. The van der Waals surface area contributed by atoms with Gasteiger partial charge in [-0.2, -0.15) is 0 Å². The van der Waals surface area contributed by atoms with Crippen LogP contribution in [0.2, 0.25) is 0 Å². The average molecular weight is 318 g/mol. The van der Waals surface area contributed by atoms with Crippen LogP contribution in [-0.2, 0) is 0 Å². The molecule has 0 fully saturated rings. The molecule has 0 atom stereocenters. The van der Waals surface area contributed by atoms with Gasteiger partial charge >= 0.3 is 0 Å². The molecule has 0 saturated heterocycles. The minimum atomic E-state index is 1.29. The van der Waals surface area contributed by atoms with Crippen LogP contribution >= 0.6 is 33.5 Å². The second-order valence-electron chi connectivity index (χ2n) is 3.72. The Morgan fingerprint density at radius 3 is 1.55 bits per heavy atom. The molecular formula is C16H15NS3. The lowest BCUT2D eigenvalue weighted by atomic mass is 10.4. The van der Waals surface area contributed by atoms with Crippen molar-refractivity contribution in [2.45, 2.75) is 9.79 Å². The first kappa shape index (κ1) is 15.2. The molecule has 0 saturated carbocycles. The molecular weight excluding hydrogens is 302 g/mol. The Morgan fingerprint density at radius 1 is 0.700 bits per heavy atom. The fourth-order valence-electron chi connectivity index (χ4n) is 1.31. The lowest BCUT2D eigenvalue weighted by Gasteiger charge is -1.99. The first-order valence-electron chi connectivity index (χ1n) is 6.12. The van der Waals surface area contributed by atoms with E-state index in [-0.39, 0.29) is 0 Å². The average Bonchev–Trinajstić information content (AvgIpc) is 2.57. The summed E-state index contributed by atoms with van der Waals surface area (Å²) in [6, 6.07) is 20.8. The maximum absolute atomic E-state index is 2.93. The number of nitrogens with one attached hydrogen (secondary N) is 1. The van der Waals surface area contributed by atoms with Gasteiger partial charge in [-0.25, -0.2) is 0 Å². The molecule has 0 aliphatic carbocycles. The molecule has 4 heteroatoms. The molecule has 20 heavy (non-hydrogen) atoms. The zero-order valence-electron chi connectivity index (χ0n) is 10.8. The molecule has 1 aliphatic rings. The normalized spacial score (nSPS) is 12.2. The van der Waals surface area contributed by atoms with Crippen molar-refractivity contribution in [3.8, 4) is 0 Å². The lowest BCUT2D eigenvalue weighted by molar-refractivity contribution is 1.42. The summed E-state index contributed by atoms with van der Waals surface area (Å²) in [7, 11) is 3.58. The predicted molar refractivity (Wildman–Crippen MR) is 93.6 cm³/mol. The van der Waals surface area contributed by atoms with Crippen molar-refractivity contribution in [3.05, 3.63) is 84.4 Å². The van der Waals surface area contributed by atoms with E-state index in [4.69, 9.17) is 0 Å². The molecule has 0 bridgehead atoms. The van der Waals surface area contributed by atoms with Crippen LogP contribution in [0.3, 0.4) is 0 Å². The van der Waals surface area contributed by atoms with Crippen LogP contribution in [0.25, 0.3) is 0 Å². The van der Waals surface area contributed by atoms with Crippen LogP contribution in [0, 0.1) is 0 Å². The maximum atomic E-state index is 2.93. The van der Waals surface area contributed by atoms with Gasteiger partial charge in [0.05, 0.1) is 0 Å². The summed E-state index contributed by atoms with van der Waals surface area (Å²) < 4.78 is 2.93. The minimum Gasteiger partial charge on any atom is -0.333 e. The Labute approximate surface area is 132 Å². The first-order valence-corrected chi connectivity index (χ1v) is 9.15. The Balaban J connectivity index is 0.000000205. The van der Waals surface area contributed by atoms with E-state index in [2.05, 4.69) is 53.3 Å². The van der Waals surface area contributed by atoms with Crippen LogP contribution < -0.4 is 4.72 Å². The summed E-state index contributed by atoms with van der Waals surface area (Å²) in [5.74, 6) is 0. The first-order chi connectivity index (χ1) is 9.95. The van der Waals surface area contributed by atoms with Crippen LogP contribution in [0.1, 0.15) is 0 Å². The molecule has 3 rings (SSSR count). The molecule has 102 valence electrons. The summed E-state index contributed by atoms with van der Waals surface area (Å²) in [6.07, 6.45) is 5.84. The molecule has 0 amide bonds. The molecule has 1 nitrogen and oxygen atoms in total.